The zero-order valence-corrected chi connectivity index (χ0v) is 11.5. The largest absolute Gasteiger partial charge is 0.439 e. The Balaban J connectivity index is 2.26. The van der Waals surface area contributed by atoms with Crippen molar-refractivity contribution >= 4 is 5.82 Å². The van der Waals surface area contributed by atoms with Gasteiger partial charge in [-0.3, -0.25) is 0 Å². The van der Waals surface area contributed by atoms with Crippen molar-refractivity contribution in [3.63, 3.8) is 0 Å². The van der Waals surface area contributed by atoms with Crippen LogP contribution in [0.15, 0.2) is 30.3 Å². The minimum atomic E-state index is -4.41. The normalized spacial score (nSPS) is 11.3. The third-order valence-electron chi connectivity index (χ3n) is 2.56. The minimum absolute atomic E-state index is 0.0744. The van der Waals surface area contributed by atoms with Crippen molar-refractivity contribution in [2.24, 2.45) is 0 Å². The lowest BCUT2D eigenvalue weighted by molar-refractivity contribution is -0.137. The number of anilines is 1. The second-order valence-electron chi connectivity index (χ2n) is 4.30. The maximum Gasteiger partial charge on any atom is 0.416 e. The first kappa shape index (κ1) is 15.1. The van der Waals surface area contributed by atoms with Gasteiger partial charge in [0.2, 0.25) is 5.88 Å². The molecule has 0 amide bonds. The molecule has 112 valence electrons. The number of halogens is 3. The lowest BCUT2D eigenvalue weighted by Gasteiger charge is -2.10. The number of ether oxygens (including phenoxy) is 1. The van der Waals surface area contributed by atoms with E-state index in [1.54, 1.807) is 6.92 Å². The molecule has 0 aliphatic rings. The highest BCUT2D eigenvalue weighted by Crippen LogP contribution is 2.32. The summed E-state index contributed by atoms with van der Waals surface area (Å²) in [6.45, 7) is 4.25. The highest BCUT2D eigenvalue weighted by atomic mass is 19.4. The third-order valence-corrected chi connectivity index (χ3v) is 2.56. The molecule has 4 nitrogen and oxygen atoms in total. The molecule has 0 radical (unpaired) electrons. The Morgan fingerprint density at radius 3 is 2.62 bits per heavy atom. The van der Waals surface area contributed by atoms with Crippen LogP contribution in [0.5, 0.6) is 11.6 Å². The summed E-state index contributed by atoms with van der Waals surface area (Å²) in [6.07, 6.45) is -4.41. The Kier molecular flexibility index (Phi) is 4.30. The third kappa shape index (κ3) is 4.08. The van der Waals surface area contributed by atoms with E-state index in [1.807, 2.05) is 6.92 Å². The predicted molar refractivity (Wildman–Crippen MR) is 72.5 cm³/mol. The summed E-state index contributed by atoms with van der Waals surface area (Å²) in [5.41, 5.74) is -0.766. The Hall–Kier alpha value is -2.31. The molecule has 1 aromatic carbocycles. The van der Waals surface area contributed by atoms with Gasteiger partial charge in [0.25, 0.3) is 0 Å². The molecule has 0 fully saturated rings. The fourth-order valence-corrected chi connectivity index (χ4v) is 1.72. The average Bonchev–Trinajstić information content (AvgIpc) is 2.37. The van der Waals surface area contributed by atoms with Gasteiger partial charge in [0.15, 0.2) is 0 Å². The summed E-state index contributed by atoms with van der Waals surface area (Å²) in [4.78, 5) is 8.19. The van der Waals surface area contributed by atoms with E-state index >= 15 is 0 Å². The van der Waals surface area contributed by atoms with Crippen molar-refractivity contribution in [1.29, 1.82) is 0 Å². The van der Waals surface area contributed by atoms with Crippen LogP contribution in [-0.2, 0) is 6.18 Å². The second-order valence-corrected chi connectivity index (χ2v) is 4.30. The van der Waals surface area contributed by atoms with Gasteiger partial charge in [0.1, 0.15) is 17.4 Å². The Morgan fingerprint density at radius 2 is 1.95 bits per heavy atom. The summed E-state index contributed by atoms with van der Waals surface area (Å²) in [5.74, 6) is 1.30. The molecule has 0 bridgehead atoms. The van der Waals surface area contributed by atoms with Crippen molar-refractivity contribution < 1.29 is 17.9 Å². The van der Waals surface area contributed by atoms with Gasteiger partial charge in [-0.25, -0.2) is 4.98 Å². The van der Waals surface area contributed by atoms with Crippen LogP contribution < -0.4 is 10.1 Å². The molecule has 0 saturated heterocycles. The zero-order chi connectivity index (χ0) is 15.5. The number of hydrogen-bond donors (Lipinski definition) is 1. The number of rotatable bonds is 4. The van der Waals surface area contributed by atoms with E-state index in [0.29, 0.717) is 18.2 Å². The predicted octanol–water partition coefficient (Wildman–Crippen LogP) is 4.03. The number of alkyl halides is 3. The fraction of sp³-hybridized carbons (Fsp3) is 0.286. The molecule has 0 aliphatic heterocycles. The first-order chi connectivity index (χ1) is 9.88. The number of nitrogens with one attached hydrogen (secondary N) is 1. The quantitative estimate of drug-likeness (QED) is 0.925. The Morgan fingerprint density at radius 1 is 1.19 bits per heavy atom. The van der Waals surface area contributed by atoms with Gasteiger partial charge in [-0.1, -0.05) is 6.07 Å². The lowest BCUT2D eigenvalue weighted by Crippen LogP contribution is -2.05. The Labute approximate surface area is 120 Å². The van der Waals surface area contributed by atoms with Crippen LogP contribution in [0.2, 0.25) is 0 Å². The lowest BCUT2D eigenvalue weighted by atomic mass is 10.2. The number of benzene rings is 1. The van der Waals surface area contributed by atoms with Gasteiger partial charge in [-0.05, 0) is 32.0 Å². The van der Waals surface area contributed by atoms with Crippen LogP contribution in [0, 0.1) is 6.92 Å². The summed E-state index contributed by atoms with van der Waals surface area (Å²) >= 11 is 0. The summed E-state index contributed by atoms with van der Waals surface area (Å²) < 4.78 is 43.3. The van der Waals surface area contributed by atoms with Gasteiger partial charge in [-0.15, -0.1) is 0 Å². The SMILES string of the molecule is CCNc1cc(Oc2cccc(C(F)(F)F)c2)nc(C)n1. The number of aromatic nitrogens is 2. The summed E-state index contributed by atoms with van der Waals surface area (Å²) in [6, 6.07) is 6.19. The minimum Gasteiger partial charge on any atom is -0.439 e. The molecule has 7 heteroatoms. The summed E-state index contributed by atoms with van der Waals surface area (Å²) in [7, 11) is 0. The number of hydrogen-bond acceptors (Lipinski definition) is 4. The molecular formula is C14H14F3N3O. The van der Waals surface area contributed by atoms with Gasteiger partial charge in [-0.2, -0.15) is 18.2 Å². The molecule has 0 aliphatic carbocycles. The van der Waals surface area contributed by atoms with Crippen molar-refractivity contribution in [1.82, 2.24) is 9.97 Å². The van der Waals surface area contributed by atoms with E-state index in [2.05, 4.69) is 15.3 Å². The van der Waals surface area contributed by atoms with Gasteiger partial charge < -0.3 is 10.1 Å². The van der Waals surface area contributed by atoms with E-state index in [4.69, 9.17) is 4.74 Å². The number of aryl methyl sites for hydroxylation is 1. The highest BCUT2D eigenvalue weighted by molar-refractivity contribution is 5.40. The van der Waals surface area contributed by atoms with Crippen molar-refractivity contribution in [3.05, 3.63) is 41.7 Å². The molecule has 0 atom stereocenters. The van der Waals surface area contributed by atoms with E-state index < -0.39 is 11.7 Å². The maximum atomic E-state index is 12.6. The summed E-state index contributed by atoms with van der Waals surface area (Å²) in [5, 5.41) is 3.00. The zero-order valence-electron chi connectivity index (χ0n) is 11.5. The van der Waals surface area contributed by atoms with Crippen LogP contribution in [-0.4, -0.2) is 16.5 Å². The first-order valence-electron chi connectivity index (χ1n) is 6.33. The average molecular weight is 297 g/mol. The van der Waals surface area contributed by atoms with Crippen LogP contribution in [0.3, 0.4) is 0 Å². The molecule has 0 spiro atoms. The van der Waals surface area contributed by atoms with Crippen LogP contribution in [0.4, 0.5) is 19.0 Å². The molecule has 1 aromatic heterocycles. The standard InChI is InChI=1S/C14H14F3N3O/c1-3-18-12-8-13(20-9(2)19-12)21-11-6-4-5-10(7-11)14(15,16)17/h4-8H,3H2,1-2H3,(H,18,19,20). The van der Waals surface area contributed by atoms with Crippen molar-refractivity contribution in [3.8, 4) is 11.6 Å². The molecule has 1 heterocycles. The van der Waals surface area contributed by atoms with Gasteiger partial charge >= 0.3 is 6.18 Å². The number of nitrogens with zero attached hydrogens (tertiary/aromatic N) is 2. The highest BCUT2D eigenvalue weighted by Gasteiger charge is 2.30. The molecule has 2 rings (SSSR count). The van der Waals surface area contributed by atoms with E-state index in [1.165, 1.54) is 18.2 Å². The van der Waals surface area contributed by atoms with Crippen LogP contribution >= 0.6 is 0 Å². The monoisotopic (exact) mass is 297 g/mol. The molecule has 1 N–H and O–H groups in total. The molecule has 2 aromatic rings. The molecule has 21 heavy (non-hydrogen) atoms. The van der Waals surface area contributed by atoms with E-state index in [0.717, 1.165) is 12.1 Å². The topological polar surface area (TPSA) is 47.0 Å². The van der Waals surface area contributed by atoms with Crippen molar-refractivity contribution in [2.75, 3.05) is 11.9 Å². The Bertz CT molecular complexity index is 629. The smallest absolute Gasteiger partial charge is 0.416 e. The van der Waals surface area contributed by atoms with E-state index in [-0.39, 0.29) is 11.6 Å². The van der Waals surface area contributed by atoms with Gasteiger partial charge in [0.05, 0.1) is 5.56 Å². The van der Waals surface area contributed by atoms with Gasteiger partial charge in [0, 0.05) is 12.6 Å². The van der Waals surface area contributed by atoms with Crippen LogP contribution in [0.25, 0.3) is 0 Å². The fourth-order valence-electron chi connectivity index (χ4n) is 1.72. The first-order valence-corrected chi connectivity index (χ1v) is 6.33. The van der Waals surface area contributed by atoms with Crippen molar-refractivity contribution in [2.45, 2.75) is 20.0 Å². The van der Waals surface area contributed by atoms with Crippen LogP contribution in [0.1, 0.15) is 18.3 Å². The maximum absolute atomic E-state index is 12.6. The molecule has 0 unspecified atom stereocenters. The van der Waals surface area contributed by atoms with E-state index in [9.17, 15) is 13.2 Å². The second kappa shape index (κ2) is 5.99. The molecule has 0 saturated carbocycles. The molecular weight excluding hydrogens is 283 g/mol.